The van der Waals surface area contributed by atoms with Crippen LogP contribution in [0.25, 0.3) is 16.9 Å². The van der Waals surface area contributed by atoms with Gasteiger partial charge in [0.05, 0.1) is 5.69 Å². The standard InChI is InChI=1S/C20H20ClN3O2/c1-3-23(4-2)19-20(26)24(14-10-6-5-7-11-14)17(18(21)22-19)15-12-8-9-13-16(15)25/h5-13,25H,3-4H2,1-2H3. The van der Waals surface area contributed by atoms with E-state index in [0.29, 0.717) is 35.9 Å². The summed E-state index contributed by atoms with van der Waals surface area (Å²) in [4.78, 5) is 19.5. The van der Waals surface area contributed by atoms with Crippen LogP contribution in [0.15, 0.2) is 59.4 Å². The van der Waals surface area contributed by atoms with Crippen LogP contribution < -0.4 is 10.5 Å². The Balaban J connectivity index is 2.40. The van der Waals surface area contributed by atoms with Gasteiger partial charge in [0.15, 0.2) is 11.0 Å². The van der Waals surface area contributed by atoms with E-state index >= 15 is 0 Å². The number of phenols is 1. The second-order valence-electron chi connectivity index (χ2n) is 5.74. The van der Waals surface area contributed by atoms with Crippen molar-refractivity contribution < 1.29 is 5.11 Å². The average Bonchev–Trinajstić information content (AvgIpc) is 2.66. The van der Waals surface area contributed by atoms with Gasteiger partial charge in [-0.2, -0.15) is 0 Å². The molecule has 26 heavy (non-hydrogen) atoms. The van der Waals surface area contributed by atoms with Gasteiger partial charge in [-0.1, -0.05) is 41.9 Å². The monoisotopic (exact) mass is 369 g/mol. The summed E-state index contributed by atoms with van der Waals surface area (Å²) in [6.45, 7) is 5.20. The fraction of sp³-hybridized carbons (Fsp3) is 0.200. The number of aromatic hydroxyl groups is 1. The molecule has 0 bridgehead atoms. The molecule has 2 aromatic carbocycles. The maximum absolute atomic E-state index is 13.3. The Morgan fingerprint density at radius 1 is 1.04 bits per heavy atom. The molecular weight excluding hydrogens is 350 g/mol. The third-order valence-corrected chi connectivity index (χ3v) is 4.52. The Hall–Kier alpha value is -2.79. The normalized spacial score (nSPS) is 10.7. The average molecular weight is 370 g/mol. The lowest BCUT2D eigenvalue weighted by atomic mass is 10.1. The summed E-state index contributed by atoms with van der Waals surface area (Å²) in [7, 11) is 0. The molecule has 0 aliphatic carbocycles. The van der Waals surface area contributed by atoms with Gasteiger partial charge in [-0.15, -0.1) is 0 Å². The van der Waals surface area contributed by atoms with Gasteiger partial charge in [0, 0.05) is 24.3 Å². The van der Waals surface area contributed by atoms with E-state index in [9.17, 15) is 9.90 Å². The lowest BCUT2D eigenvalue weighted by molar-refractivity contribution is 0.477. The predicted octanol–water partition coefficient (Wildman–Crippen LogP) is 4.10. The van der Waals surface area contributed by atoms with Crippen molar-refractivity contribution in [1.82, 2.24) is 9.55 Å². The Bertz CT molecular complexity index is 967. The molecule has 0 unspecified atom stereocenters. The zero-order chi connectivity index (χ0) is 18.7. The predicted molar refractivity (Wildman–Crippen MR) is 106 cm³/mol. The number of nitrogens with zero attached hydrogens (tertiary/aromatic N) is 3. The largest absolute Gasteiger partial charge is 0.507 e. The molecular formula is C20H20ClN3O2. The maximum Gasteiger partial charge on any atom is 0.298 e. The second kappa shape index (κ2) is 7.62. The molecule has 5 nitrogen and oxygen atoms in total. The quantitative estimate of drug-likeness (QED) is 0.735. The minimum absolute atomic E-state index is 0.0378. The Morgan fingerprint density at radius 3 is 2.27 bits per heavy atom. The minimum Gasteiger partial charge on any atom is -0.507 e. The van der Waals surface area contributed by atoms with E-state index in [-0.39, 0.29) is 16.5 Å². The third kappa shape index (κ3) is 3.18. The highest BCUT2D eigenvalue weighted by atomic mass is 35.5. The van der Waals surface area contributed by atoms with E-state index in [4.69, 9.17) is 11.6 Å². The van der Waals surface area contributed by atoms with Gasteiger partial charge in [-0.3, -0.25) is 9.36 Å². The lowest BCUT2D eigenvalue weighted by Crippen LogP contribution is -2.33. The number of para-hydroxylation sites is 2. The zero-order valence-electron chi connectivity index (χ0n) is 14.7. The molecule has 3 rings (SSSR count). The number of aromatic nitrogens is 2. The van der Waals surface area contributed by atoms with Gasteiger partial charge >= 0.3 is 0 Å². The summed E-state index contributed by atoms with van der Waals surface area (Å²) in [5.41, 5.74) is 1.21. The fourth-order valence-electron chi connectivity index (χ4n) is 2.95. The highest BCUT2D eigenvalue weighted by Gasteiger charge is 2.22. The molecule has 0 amide bonds. The molecule has 0 aliphatic heterocycles. The molecule has 0 radical (unpaired) electrons. The van der Waals surface area contributed by atoms with E-state index in [1.165, 1.54) is 4.57 Å². The van der Waals surface area contributed by atoms with Crippen LogP contribution in [0.1, 0.15) is 13.8 Å². The number of hydrogen-bond acceptors (Lipinski definition) is 4. The van der Waals surface area contributed by atoms with Gasteiger partial charge in [0.1, 0.15) is 5.75 Å². The first-order valence-electron chi connectivity index (χ1n) is 8.49. The van der Waals surface area contributed by atoms with E-state index in [2.05, 4.69) is 4.98 Å². The summed E-state index contributed by atoms with van der Waals surface area (Å²) < 4.78 is 1.51. The smallest absolute Gasteiger partial charge is 0.298 e. The van der Waals surface area contributed by atoms with Crippen LogP contribution in [0.3, 0.4) is 0 Å². The molecule has 0 saturated heterocycles. The number of benzene rings is 2. The van der Waals surface area contributed by atoms with Crippen molar-refractivity contribution in [2.45, 2.75) is 13.8 Å². The summed E-state index contributed by atoms with van der Waals surface area (Å²) in [6, 6.07) is 16.0. The topological polar surface area (TPSA) is 58.4 Å². The highest BCUT2D eigenvalue weighted by Crippen LogP contribution is 2.34. The molecule has 1 heterocycles. The molecule has 134 valence electrons. The zero-order valence-corrected chi connectivity index (χ0v) is 15.4. The molecule has 0 saturated carbocycles. The van der Waals surface area contributed by atoms with Gasteiger partial charge < -0.3 is 10.0 Å². The SMILES string of the molecule is CCN(CC)c1nc(Cl)c(-c2ccccc2O)n(-c2ccccc2)c1=O. The van der Waals surface area contributed by atoms with Crippen LogP contribution in [-0.2, 0) is 0 Å². The van der Waals surface area contributed by atoms with Crippen LogP contribution in [-0.4, -0.2) is 27.7 Å². The van der Waals surface area contributed by atoms with Crippen LogP contribution in [0.2, 0.25) is 5.15 Å². The van der Waals surface area contributed by atoms with E-state index < -0.39 is 0 Å². The Labute approximate surface area is 157 Å². The van der Waals surface area contributed by atoms with Gasteiger partial charge in [-0.05, 0) is 38.1 Å². The van der Waals surface area contributed by atoms with Crippen LogP contribution in [0.5, 0.6) is 5.75 Å². The summed E-state index contributed by atoms with van der Waals surface area (Å²) in [5, 5.41) is 10.5. The lowest BCUT2D eigenvalue weighted by Gasteiger charge is -2.23. The van der Waals surface area contributed by atoms with E-state index in [1.807, 2.05) is 49.1 Å². The molecule has 0 aliphatic rings. The number of phenolic OH excluding ortho intramolecular Hbond substituents is 1. The number of hydrogen-bond donors (Lipinski definition) is 1. The first kappa shape index (κ1) is 18.0. The van der Waals surface area contributed by atoms with Crippen LogP contribution in [0, 0.1) is 0 Å². The van der Waals surface area contributed by atoms with Crippen molar-refractivity contribution in [3.05, 3.63) is 70.1 Å². The van der Waals surface area contributed by atoms with Gasteiger partial charge in [-0.25, -0.2) is 4.98 Å². The fourth-order valence-corrected chi connectivity index (χ4v) is 3.21. The molecule has 6 heteroatoms. The summed E-state index contributed by atoms with van der Waals surface area (Å²) in [6.07, 6.45) is 0. The Kier molecular flexibility index (Phi) is 5.28. The number of rotatable bonds is 5. The first-order valence-corrected chi connectivity index (χ1v) is 8.87. The molecule has 0 atom stereocenters. The first-order chi connectivity index (χ1) is 12.6. The summed E-state index contributed by atoms with van der Waals surface area (Å²) in [5.74, 6) is 0.332. The Morgan fingerprint density at radius 2 is 1.65 bits per heavy atom. The molecule has 1 N–H and O–H groups in total. The molecule has 1 aromatic heterocycles. The van der Waals surface area contributed by atoms with Gasteiger partial charge in [0.25, 0.3) is 5.56 Å². The summed E-state index contributed by atoms with van der Waals surface area (Å²) >= 11 is 6.51. The van der Waals surface area contributed by atoms with E-state index in [1.54, 1.807) is 24.3 Å². The van der Waals surface area contributed by atoms with Crippen molar-refractivity contribution in [2.24, 2.45) is 0 Å². The van der Waals surface area contributed by atoms with Gasteiger partial charge in [0.2, 0.25) is 0 Å². The maximum atomic E-state index is 13.3. The van der Waals surface area contributed by atoms with Crippen molar-refractivity contribution in [3.8, 4) is 22.7 Å². The third-order valence-electron chi connectivity index (χ3n) is 4.25. The van der Waals surface area contributed by atoms with Crippen molar-refractivity contribution in [3.63, 3.8) is 0 Å². The highest BCUT2D eigenvalue weighted by molar-refractivity contribution is 6.32. The molecule has 0 spiro atoms. The number of halogens is 1. The minimum atomic E-state index is -0.275. The van der Waals surface area contributed by atoms with Crippen LogP contribution >= 0.6 is 11.6 Å². The second-order valence-corrected chi connectivity index (χ2v) is 6.10. The van der Waals surface area contributed by atoms with Crippen molar-refractivity contribution in [2.75, 3.05) is 18.0 Å². The van der Waals surface area contributed by atoms with Crippen LogP contribution in [0.4, 0.5) is 5.82 Å². The van der Waals surface area contributed by atoms with Crippen molar-refractivity contribution in [1.29, 1.82) is 0 Å². The molecule has 0 fully saturated rings. The number of anilines is 1. The van der Waals surface area contributed by atoms with E-state index in [0.717, 1.165) is 0 Å². The molecule has 3 aromatic rings. The van der Waals surface area contributed by atoms with Crippen molar-refractivity contribution >= 4 is 17.4 Å².